The van der Waals surface area contributed by atoms with Crippen LogP contribution in [0.1, 0.15) is 19.4 Å². The van der Waals surface area contributed by atoms with Gasteiger partial charge in [-0.15, -0.1) is 0 Å². The van der Waals surface area contributed by atoms with Gasteiger partial charge in [0.2, 0.25) is 5.91 Å². The highest BCUT2D eigenvalue weighted by Gasteiger charge is 2.43. The average Bonchev–Trinajstić information content (AvgIpc) is 3.01. The molecule has 1 aromatic carbocycles. The summed E-state index contributed by atoms with van der Waals surface area (Å²) in [7, 11) is 0. The minimum absolute atomic E-state index is 0.141. The molecular formula is C15H19NO2. The number of carbonyl (C=O) groups is 1. The van der Waals surface area contributed by atoms with E-state index in [1.54, 1.807) is 6.92 Å². The van der Waals surface area contributed by atoms with Gasteiger partial charge in [0.1, 0.15) is 0 Å². The highest BCUT2D eigenvalue weighted by Crippen LogP contribution is 2.28. The Balaban J connectivity index is 1.66. The second-order valence-electron chi connectivity index (χ2n) is 4.59. The average molecular weight is 245 g/mol. The largest absolute Gasteiger partial charge is 0.373 e. The van der Waals surface area contributed by atoms with Crippen LogP contribution < -0.4 is 0 Å². The summed E-state index contributed by atoms with van der Waals surface area (Å²) in [6.07, 6.45) is 4.05. The van der Waals surface area contributed by atoms with Crippen molar-refractivity contribution in [2.45, 2.75) is 32.5 Å². The van der Waals surface area contributed by atoms with E-state index in [0.717, 1.165) is 0 Å². The SMILES string of the molecule is CC(=O)N1[C@H](/C=C/COCc2ccccc2)[C@@H]1C. The lowest BCUT2D eigenvalue weighted by atomic mass is 10.2. The Labute approximate surface area is 108 Å². The third kappa shape index (κ3) is 3.20. The van der Waals surface area contributed by atoms with Gasteiger partial charge < -0.3 is 9.64 Å². The molecule has 3 nitrogen and oxygen atoms in total. The fourth-order valence-corrected chi connectivity index (χ4v) is 2.14. The quantitative estimate of drug-likeness (QED) is 0.453. The Kier molecular flexibility index (Phi) is 4.15. The maximum atomic E-state index is 11.2. The Hall–Kier alpha value is -1.61. The van der Waals surface area contributed by atoms with Crippen LogP contribution in [0, 0.1) is 0 Å². The van der Waals surface area contributed by atoms with E-state index in [9.17, 15) is 4.79 Å². The van der Waals surface area contributed by atoms with Crippen LogP contribution in [0.5, 0.6) is 0 Å². The number of hydrogen-bond donors (Lipinski definition) is 0. The molecule has 0 bridgehead atoms. The monoisotopic (exact) mass is 245 g/mol. The highest BCUT2D eigenvalue weighted by atomic mass is 16.5. The summed E-state index contributed by atoms with van der Waals surface area (Å²) < 4.78 is 5.54. The first-order chi connectivity index (χ1) is 8.70. The maximum Gasteiger partial charge on any atom is 0.220 e. The van der Waals surface area contributed by atoms with Crippen LogP contribution in [0.25, 0.3) is 0 Å². The highest BCUT2D eigenvalue weighted by molar-refractivity contribution is 5.77. The van der Waals surface area contributed by atoms with Crippen LogP contribution in [0.2, 0.25) is 0 Å². The van der Waals surface area contributed by atoms with Crippen LogP contribution in [0.4, 0.5) is 0 Å². The molecule has 3 heteroatoms. The molecule has 1 amide bonds. The predicted molar refractivity (Wildman–Crippen MR) is 71.0 cm³/mol. The molecule has 0 radical (unpaired) electrons. The molecule has 0 unspecified atom stereocenters. The van der Waals surface area contributed by atoms with Crippen LogP contribution >= 0.6 is 0 Å². The third-order valence-corrected chi connectivity index (χ3v) is 3.19. The van der Waals surface area contributed by atoms with Crippen LogP contribution in [-0.4, -0.2) is 29.5 Å². The van der Waals surface area contributed by atoms with Crippen molar-refractivity contribution >= 4 is 5.91 Å². The van der Waals surface area contributed by atoms with Crippen molar-refractivity contribution in [3.05, 3.63) is 48.0 Å². The zero-order chi connectivity index (χ0) is 13.0. The Morgan fingerprint density at radius 3 is 2.72 bits per heavy atom. The molecule has 1 aromatic rings. The molecule has 1 saturated heterocycles. The van der Waals surface area contributed by atoms with Crippen molar-refractivity contribution in [1.82, 2.24) is 4.90 Å². The Morgan fingerprint density at radius 1 is 1.39 bits per heavy atom. The minimum Gasteiger partial charge on any atom is -0.373 e. The summed E-state index contributed by atoms with van der Waals surface area (Å²) in [5.41, 5.74) is 1.18. The van der Waals surface area contributed by atoms with E-state index < -0.39 is 0 Å². The van der Waals surface area contributed by atoms with Crippen molar-refractivity contribution in [1.29, 1.82) is 0 Å². The van der Waals surface area contributed by atoms with Crippen LogP contribution in [-0.2, 0) is 16.1 Å². The third-order valence-electron chi connectivity index (χ3n) is 3.19. The topological polar surface area (TPSA) is 29.3 Å². The van der Waals surface area contributed by atoms with Gasteiger partial charge in [-0.05, 0) is 12.5 Å². The van der Waals surface area contributed by atoms with Gasteiger partial charge in [-0.2, -0.15) is 0 Å². The fraction of sp³-hybridized carbons (Fsp3) is 0.400. The van der Waals surface area contributed by atoms with Crippen molar-refractivity contribution in [3.8, 4) is 0 Å². The fourth-order valence-electron chi connectivity index (χ4n) is 2.14. The van der Waals surface area contributed by atoms with E-state index in [-0.39, 0.29) is 11.9 Å². The van der Waals surface area contributed by atoms with Crippen molar-refractivity contribution in [2.24, 2.45) is 0 Å². The molecule has 96 valence electrons. The summed E-state index contributed by atoms with van der Waals surface area (Å²) in [5, 5.41) is 0. The molecule has 1 aliphatic rings. The van der Waals surface area contributed by atoms with E-state index in [0.29, 0.717) is 19.3 Å². The summed E-state index contributed by atoms with van der Waals surface area (Å²) in [5.74, 6) is 0.141. The first-order valence-corrected chi connectivity index (χ1v) is 6.27. The lowest BCUT2D eigenvalue weighted by Crippen LogP contribution is -2.08. The lowest BCUT2D eigenvalue weighted by Gasteiger charge is -2.00. The molecule has 0 aromatic heterocycles. The normalized spacial score (nSPS) is 22.4. The number of rotatable bonds is 5. The number of carbonyl (C=O) groups excluding carboxylic acids is 1. The van der Waals surface area contributed by atoms with E-state index in [1.807, 2.05) is 41.3 Å². The summed E-state index contributed by atoms with van der Waals surface area (Å²) in [6, 6.07) is 10.7. The van der Waals surface area contributed by atoms with Gasteiger partial charge >= 0.3 is 0 Å². The number of amides is 1. The second-order valence-corrected chi connectivity index (χ2v) is 4.59. The van der Waals surface area contributed by atoms with Crippen LogP contribution in [0.15, 0.2) is 42.5 Å². The molecule has 18 heavy (non-hydrogen) atoms. The first-order valence-electron chi connectivity index (χ1n) is 6.27. The number of ether oxygens (including phenoxy) is 1. The van der Waals surface area contributed by atoms with Gasteiger partial charge in [-0.1, -0.05) is 42.5 Å². The van der Waals surface area contributed by atoms with Gasteiger partial charge in [0.25, 0.3) is 0 Å². The van der Waals surface area contributed by atoms with E-state index in [4.69, 9.17) is 4.74 Å². The number of nitrogens with zero attached hydrogens (tertiary/aromatic N) is 1. The van der Waals surface area contributed by atoms with Gasteiger partial charge in [0, 0.05) is 6.92 Å². The molecular weight excluding hydrogens is 226 g/mol. The zero-order valence-electron chi connectivity index (χ0n) is 10.9. The van der Waals surface area contributed by atoms with Crippen LogP contribution in [0.3, 0.4) is 0 Å². The molecule has 2 rings (SSSR count). The second kappa shape index (κ2) is 5.83. The first kappa shape index (κ1) is 12.8. The summed E-state index contributed by atoms with van der Waals surface area (Å²) in [6.45, 7) is 4.88. The predicted octanol–water partition coefficient (Wildman–Crippen LogP) is 2.38. The van der Waals surface area contributed by atoms with E-state index >= 15 is 0 Å². The lowest BCUT2D eigenvalue weighted by molar-refractivity contribution is -0.124. The standard InChI is InChI=1S/C15H19NO2/c1-12-15(16(12)13(2)17)9-6-10-18-11-14-7-4-3-5-8-14/h3-9,12,15H,10-11H2,1-2H3/b9-6+/t12-,15+,16?/m0/s1. The summed E-state index contributed by atoms with van der Waals surface area (Å²) in [4.78, 5) is 13.0. The van der Waals surface area contributed by atoms with Gasteiger partial charge in [0.15, 0.2) is 0 Å². The molecule has 2 atom stereocenters. The molecule has 0 saturated carbocycles. The number of hydrogen-bond acceptors (Lipinski definition) is 2. The zero-order valence-corrected chi connectivity index (χ0v) is 10.9. The Bertz CT molecular complexity index is 427. The van der Waals surface area contributed by atoms with Crippen molar-refractivity contribution < 1.29 is 9.53 Å². The van der Waals surface area contributed by atoms with Gasteiger partial charge in [0.05, 0.1) is 25.3 Å². The van der Waals surface area contributed by atoms with E-state index in [1.165, 1.54) is 5.56 Å². The van der Waals surface area contributed by atoms with Crippen molar-refractivity contribution in [3.63, 3.8) is 0 Å². The van der Waals surface area contributed by atoms with Gasteiger partial charge in [-0.3, -0.25) is 4.79 Å². The smallest absolute Gasteiger partial charge is 0.220 e. The molecule has 0 N–H and O–H groups in total. The molecule has 1 heterocycles. The maximum absolute atomic E-state index is 11.2. The van der Waals surface area contributed by atoms with Crippen molar-refractivity contribution in [2.75, 3.05) is 6.61 Å². The molecule has 0 spiro atoms. The molecule has 1 fully saturated rings. The number of benzene rings is 1. The molecule has 1 aliphatic heterocycles. The summed E-state index contributed by atoms with van der Waals surface area (Å²) >= 11 is 0. The Morgan fingerprint density at radius 2 is 2.11 bits per heavy atom. The van der Waals surface area contributed by atoms with Gasteiger partial charge in [-0.25, -0.2) is 0 Å². The minimum atomic E-state index is 0.141. The van der Waals surface area contributed by atoms with E-state index in [2.05, 4.69) is 13.0 Å². The molecule has 0 aliphatic carbocycles.